The third-order valence-corrected chi connectivity index (χ3v) is 5.18. The maximum absolute atomic E-state index is 12.5. The minimum atomic E-state index is -0.743. The van der Waals surface area contributed by atoms with Crippen molar-refractivity contribution in [3.8, 4) is 0 Å². The Balaban J connectivity index is 1.78. The van der Waals surface area contributed by atoms with Crippen molar-refractivity contribution >= 4 is 34.6 Å². The van der Waals surface area contributed by atoms with Crippen LogP contribution in [0.3, 0.4) is 0 Å². The van der Waals surface area contributed by atoms with E-state index in [-0.39, 0.29) is 17.2 Å². The van der Waals surface area contributed by atoms with E-state index < -0.39 is 10.9 Å². The number of nitro benzene ring substituents is 1. The largest absolute Gasteiger partial charge is 0.465 e. The molecule has 0 bridgehead atoms. The number of carbonyl (C=O) groups is 2. The van der Waals surface area contributed by atoms with Crippen LogP contribution in [0, 0.1) is 10.1 Å². The molecule has 1 aromatic heterocycles. The Morgan fingerprint density at radius 3 is 2.67 bits per heavy atom. The van der Waals surface area contributed by atoms with E-state index in [0.717, 1.165) is 6.42 Å². The van der Waals surface area contributed by atoms with Crippen molar-refractivity contribution < 1.29 is 19.2 Å². The molecule has 0 aliphatic carbocycles. The molecule has 0 radical (unpaired) electrons. The van der Waals surface area contributed by atoms with Gasteiger partial charge in [0, 0.05) is 43.3 Å². The molecule has 1 amide bonds. The first-order valence-electron chi connectivity index (χ1n) is 8.44. The number of thiophene rings is 1. The summed E-state index contributed by atoms with van der Waals surface area (Å²) < 4.78 is 4.67. The molecule has 0 saturated carbocycles. The van der Waals surface area contributed by atoms with Gasteiger partial charge in [0.15, 0.2) is 0 Å². The number of carbonyl (C=O) groups excluding carboxylic acids is 2. The molecule has 1 fully saturated rings. The van der Waals surface area contributed by atoms with Gasteiger partial charge < -0.3 is 14.5 Å². The van der Waals surface area contributed by atoms with Crippen LogP contribution in [-0.2, 0) is 4.74 Å². The van der Waals surface area contributed by atoms with Crippen LogP contribution >= 0.6 is 11.3 Å². The van der Waals surface area contributed by atoms with Gasteiger partial charge in [0.2, 0.25) is 0 Å². The van der Waals surface area contributed by atoms with E-state index in [1.54, 1.807) is 6.07 Å². The molecule has 2 aromatic rings. The fraction of sp³-hybridized carbons (Fsp3) is 0.333. The Morgan fingerprint density at radius 2 is 2.00 bits per heavy atom. The molecular formula is C18H19N3O5S. The zero-order valence-electron chi connectivity index (χ0n) is 14.8. The topological polar surface area (TPSA) is 93.0 Å². The van der Waals surface area contributed by atoms with Gasteiger partial charge in [-0.15, -0.1) is 0 Å². The number of hydrogen-bond acceptors (Lipinski definition) is 7. The molecule has 2 heterocycles. The summed E-state index contributed by atoms with van der Waals surface area (Å²) in [5.74, 6) is -0.732. The first kappa shape index (κ1) is 18.8. The van der Waals surface area contributed by atoms with Crippen LogP contribution in [0.4, 0.5) is 11.4 Å². The van der Waals surface area contributed by atoms with Crippen LogP contribution in [0.1, 0.15) is 27.1 Å². The lowest BCUT2D eigenvalue weighted by Crippen LogP contribution is -2.35. The zero-order valence-corrected chi connectivity index (χ0v) is 15.6. The summed E-state index contributed by atoms with van der Waals surface area (Å²) in [6.07, 6.45) is 0.764. The predicted molar refractivity (Wildman–Crippen MR) is 101 cm³/mol. The maximum Gasteiger partial charge on any atom is 0.344 e. The third-order valence-electron chi connectivity index (χ3n) is 4.50. The Labute approximate surface area is 160 Å². The summed E-state index contributed by atoms with van der Waals surface area (Å²) >= 11 is 1.49. The summed E-state index contributed by atoms with van der Waals surface area (Å²) in [4.78, 5) is 38.9. The molecule has 1 aliphatic rings. The van der Waals surface area contributed by atoms with E-state index in [2.05, 4.69) is 4.74 Å². The molecular weight excluding hydrogens is 370 g/mol. The van der Waals surface area contributed by atoms with Gasteiger partial charge >= 0.3 is 5.97 Å². The van der Waals surface area contributed by atoms with Crippen LogP contribution in [-0.4, -0.2) is 55.0 Å². The fourth-order valence-electron chi connectivity index (χ4n) is 3.10. The Bertz CT molecular complexity index is 853. The molecule has 8 nitrogen and oxygen atoms in total. The van der Waals surface area contributed by atoms with Gasteiger partial charge in [-0.3, -0.25) is 14.9 Å². The van der Waals surface area contributed by atoms with Crippen molar-refractivity contribution in [3.05, 3.63) is 56.3 Å². The van der Waals surface area contributed by atoms with E-state index >= 15 is 0 Å². The number of nitro groups is 1. The summed E-state index contributed by atoms with van der Waals surface area (Å²) in [6, 6.07) is 6.25. The average Bonchev–Trinajstić information content (AvgIpc) is 3.10. The molecule has 0 spiro atoms. The van der Waals surface area contributed by atoms with E-state index in [4.69, 9.17) is 0 Å². The smallest absolute Gasteiger partial charge is 0.344 e. The number of ether oxygens (including phenoxy) is 1. The Morgan fingerprint density at radius 1 is 1.19 bits per heavy atom. The quantitative estimate of drug-likeness (QED) is 0.453. The zero-order chi connectivity index (χ0) is 19.4. The van der Waals surface area contributed by atoms with E-state index in [0.29, 0.717) is 37.4 Å². The van der Waals surface area contributed by atoms with Crippen molar-refractivity contribution in [1.29, 1.82) is 0 Å². The highest BCUT2D eigenvalue weighted by atomic mass is 32.1. The molecule has 0 atom stereocenters. The molecule has 9 heteroatoms. The minimum Gasteiger partial charge on any atom is -0.465 e. The van der Waals surface area contributed by atoms with E-state index in [1.165, 1.54) is 30.6 Å². The molecule has 1 aliphatic heterocycles. The number of methoxy groups -OCH3 is 1. The van der Waals surface area contributed by atoms with Gasteiger partial charge in [0.25, 0.3) is 11.6 Å². The number of hydrogen-bond donors (Lipinski definition) is 0. The molecule has 0 unspecified atom stereocenters. The standard InChI is InChI=1S/C18H19N3O5S/c1-26-18(23)15-11-14(3-4-16(15)21(24)25)19-6-2-7-20(9-8-19)17(22)13-5-10-27-12-13/h3-5,10-12H,2,6-9H2,1H3. The first-order valence-corrected chi connectivity index (χ1v) is 9.38. The summed E-state index contributed by atoms with van der Waals surface area (Å²) in [6.45, 7) is 2.45. The highest BCUT2D eigenvalue weighted by Crippen LogP contribution is 2.26. The van der Waals surface area contributed by atoms with Gasteiger partial charge in [-0.25, -0.2) is 4.79 Å². The fourth-order valence-corrected chi connectivity index (χ4v) is 3.73. The normalized spacial score (nSPS) is 14.6. The minimum absolute atomic E-state index is 0.0112. The molecule has 3 rings (SSSR count). The first-order chi connectivity index (χ1) is 13.0. The van der Waals surface area contributed by atoms with Gasteiger partial charge in [0.05, 0.1) is 17.6 Å². The Kier molecular flexibility index (Phi) is 5.70. The van der Waals surface area contributed by atoms with Gasteiger partial charge in [-0.2, -0.15) is 11.3 Å². The maximum atomic E-state index is 12.5. The van der Waals surface area contributed by atoms with E-state index in [9.17, 15) is 19.7 Å². The second-order valence-corrected chi connectivity index (χ2v) is 6.88. The average molecular weight is 389 g/mol. The number of anilines is 1. The van der Waals surface area contributed by atoms with Crippen LogP contribution in [0.25, 0.3) is 0 Å². The van der Waals surface area contributed by atoms with Crippen LogP contribution in [0.2, 0.25) is 0 Å². The Hall–Kier alpha value is -2.94. The molecule has 0 N–H and O–H groups in total. The van der Waals surface area contributed by atoms with Gasteiger partial charge in [-0.05, 0) is 30.0 Å². The van der Waals surface area contributed by atoms with Crippen molar-refractivity contribution in [3.63, 3.8) is 0 Å². The predicted octanol–water partition coefficient (Wildman–Crippen LogP) is 2.80. The number of nitrogens with zero attached hydrogens (tertiary/aromatic N) is 3. The lowest BCUT2D eigenvalue weighted by atomic mass is 10.1. The number of amides is 1. The lowest BCUT2D eigenvalue weighted by Gasteiger charge is -2.24. The molecule has 27 heavy (non-hydrogen) atoms. The molecule has 142 valence electrons. The van der Waals surface area contributed by atoms with Gasteiger partial charge in [-0.1, -0.05) is 0 Å². The highest BCUT2D eigenvalue weighted by Gasteiger charge is 2.25. The second kappa shape index (κ2) is 8.17. The van der Waals surface area contributed by atoms with E-state index in [1.807, 2.05) is 26.6 Å². The summed E-state index contributed by atoms with van der Waals surface area (Å²) in [5.41, 5.74) is 1.03. The van der Waals surface area contributed by atoms with Crippen LogP contribution < -0.4 is 4.90 Å². The van der Waals surface area contributed by atoms with Gasteiger partial charge in [0.1, 0.15) is 5.56 Å². The third kappa shape index (κ3) is 4.08. The van der Waals surface area contributed by atoms with Crippen LogP contribution in [0.5, 0.6) is 0 Å². The second-order valence-electron chi connectivity index (χ2n) is 6.09. The van der Waals surface area contributed by atoms with Crippen molar-refractivity contribution in [2.75, 3.05) is 38.2 Å². The van der Waals surface area contributed by atoms with Crippen molar-refractivity contribution in [2.45, 2.75) is 6.42 Å². The molecule has 1 aromatic carbocycles. The SMILES string of the molecule is COC(=O)c1cc(N2CCCN(C(=O)c3ccsc3)CC2)ccc1[N+](=O)[O-]. The summed E-state index contributed by atoms with van der Waals surface area (Å²) in [7, 11) is 1.19. The monoisotopic (exact) mass is 389 g/mol. The molecule has 1 saturated heterocycles. The van der Waals surface area contributed by atoms with Crippen LogP contribution in [0.15, 0.2) is 35.0 Å². The highest BCUT2D eigenvalue weighted by molar-refractivity contribution is 7.08. The lowest BCUT2D eigenvalue weighted by molar-refractivity contribution is -0.385. The van der Waals surface area contributed by atoms with Crippen molar-refractivity contribution in [1.82, 2.24) is 4.90 Å². The van der Waals surface area contributed by atoms with Crippen molar-refractivity contribution in [2.24, 2.45) is 0 Å². The summed E-state index contributed by atoms with van der Waals surface area (Å²) in [5, 5.41) is 14.9. The number of benzene rings is 1. The number of esters is 1. The number of rotatable bonds is 4.